The fourth-order valence-electron chi connectivity index (χ4n) is 10.9. The van der Waals surface area contributed by atoms with Crippen molar-refractivity contribution >= 4 is 93.9 Å². The summed E-state index contributed by atoms with van der Waals surface area (Å²) in [7, 11) is 4.38. The summed E-state index contributed by atoms with van der Waals surface area (Å²) >= 11 is 0. The highest BCUT2D eigenvalue weighted by molar-refractivity contribution is 6.16. The van der Waals surface area contributed by atoms with Gasteiger partial charge in [0.15, 0.2) is 0 Å². The molecule has 0 amide bonds. The third-order valence-electron chi connectivity index (χ3n) is 14.0. The second kappa shape index (κ2) is 15.8. The van der Waals surface area contributed by atoms with Crippen LogP contribution in [-0.2, 0) is 20.5 Å². The van der Waals surface area contributed by atoms with Crippen LogP contribution in [0.1, 0.15) is 27.8 Å². The zero-order chi connectivity index (χ0) is 44.5. The summed E-state index contributed by atoms with van der Waals surface area (Å²) in [4.78, 5) is 2.52. The summed E-state index contributed by atoms with van der Waals surface area (Å²) in [6.07, 6.45) is 3.25. The van der Waals surface area contributed by atoms with Crippen molar-refractivity contribution in [3.63, 3.8) is 0 Å². The van der Waals surface area contributed by atoms with E-state index in [1.54, 1.807) is 0 Å². The molecule has 2 heterocycles. The van der Waals surface area contributed by atoms with Gasteiger partial charge in [-0.25, -0.2) is 0 Å². The molecule has 0 fully saturated rings. The fraction of sp³-hybridized carbons (Fsp3) is 0.0794. The molecule has 0 aliphatic rings. The standard InChI is InChI=1S/C63H49N3/c1-41-36-44(39-46(38-43-18-6-5-7-19-43)50-27-16-21-45-20-8-9-22-49(45)50)32-34-48(41)62-42(2)37-61(51-23-10-11-26-54(51)62)66(47-33-35-59-56(40-47)53-25-13-14-29-57(53)64(59)3)60-31-17-28-55-52-24-12-15-30-58(52)65(4)63(55)60/h5-37,39-40H,38H2,1-4H3/b46-39-. The summed E-state index contributed by atoms with van der Waals surface area (Å²) in [5.74, 6) is 0. The lowest BCUT2D eigenvalue weighted by Gasteiger charge is -2.29. The van der Waals surface area contributed by atoms with E-state index in [0.29, 0.717) is 0 Å². The molecule has 0 bridgehead atoms. The van der Waals surface area contributed by atoms with Crippen molar-refractivity contribution in [2.75, 3.05) is 4.90 Å². The van der Waals surface area contributed by atoms with Crippen LogP contribution in [0.15, 0.2) is 206 Å². The Balaban J connectivity index is 1.04. The molecule has 0 saturated carbocycles. The van der Waals surface area contributed by atoms with E-state index < -0.39 is 0 Å². The molecule has 0 radical (unpaired) electrons. The molecule has 12 rings (SSSR count). The highest BCUT2D eigenvalue weighted by atomic mass is 15.2. The van der Waals surface area contributed by atoms with Gasteiger partial charge in [0.05, 0.1) is 16.9 Å². The molecule has 66 heavy (non-hydrogen) atoms. The maximum atomic E-state index is 2.52. The van der Waals surface area contributed by atoms with Gasteiger partial charge < -0.3 is 14.0 Å². The molecule has 2 aromatic heterocycles. The number of allylic oxidation sites excluding steroid dienone is 1. The van der Waals surface area contributed by atoms with Crippen LogP contribution in [0.5, 0.6) is 0 Å². The van der Waals surface area contributed by atoms with Gasteiger partial charge in [-0.05, 0) is 123 Å². The fourth-order valence-corrected chi connectivity index (χ4v) is 10.9. The van der Waals surface area contributed by atoms with E-state index in [9.17, 15) is 0 Å². The van der Waals surface area contributed by atoms with Gasteiger partial charge >= 0.3 is 0 Å². The number of para-hydroxylation sites is 3. The molecule has 0 aliphatic heterocycles. The third kappa shape index (κ3) is 6.42. The molecule has 0 aliphatic carbocycles. The zero-order valence-corrected chi connectivity index (χ0v) is 37.8. The topological polar surface area (TPSA) is 13.1 Å². The Hall–Kier alpha value is -8.14. The van der Waals surface area contributed by atoms with Crippen LogP contribution in [0.3, 0.4) is 0 Å². The number of anilines is 3. The molecule has 0 N–H and O–H groups in total. The summed E-state index contributed by atoms with van der Waals surface area (Å²) in [5, 5.41) is 9.99. The Labute approximate surface area is 385 Å². The molecular weight excluding hydrogens is 799 g/mol. The first-order valence-corrected chi connectivity index (χ1v) is 23.0. The molecule has 3 heteroatoms. The first-order valence-electron chi connectivity index (χ1n) is 23.0. The van der Waals surface area contributed by atoms with Crippen molar-refractivity contribution in [2.24, 2.45) is 14.1 Å². The van der Waals surface area contributed by atoms with E-state index in [1.165, 1.54) is 110 Å². The van der Waals surface area contributed by atoms with Crippen molar-refractivity contribution < 1.29 is 0 Å². The minimum absolute atomic E-state index is 0.845. The van der Waals surface area contributed by atoms with Gasteiger partial charge in [0.1, 0.15) is 0 Å². The predicted molar refractivity (Wildman–Crippen MR) is 283 cm³/mol. The first-order chi connectivity index (χ1) is 32.4. The van der Waals surface area contributed by atoms with E-state index in [0.717, 1.165) is 23.5 Å². The molecule has 12 aromatic rings. The number of fused-ring (bicyclic) bond motifs is 8. The highest BCUT2D eigenvalue weighted by Gasteiger charge is 2.24. The Morgan fingerprint density at radius 1 is 0.455 bits per heavy atom. The monoisotopic (exact) mass is 847 g/mol. The molecular formula is C63H49N3. The maximum absolute atomic E-state index is 2.52. The van der Waals surface area contributed by atoms with Crippen LogP contribution in [0.4, 0.5) is 17.1 Å². The number of aryl methyl sites for hydroxylation is 4. The van der Waals surface area contributed by atoms with Crippen LogP contribution < -0.4 is 4.90 Å². The lowest BCUT2D eigenvalue weighted by Crippen LogP contribution is -2.12. The van der Waals surface area contributed by atoms with Gasteiger partial charge in [0.25, 0.3) is 0 Å². The number of hydrogen-bond acceptors (Lipinski definition) is 1. The van der Waals surface area contributed by atoms with E-state index in [4.69, 9.17) is 0 Å². The van der Waals surface area contributed by atoms with Crippen LogP contribution in [0.25, 0.3) is 87.9 Å². The predicted octanol–water partition coefficient (Wildman–Crippen LogP) is 16.8. The smallest absolute Gasteiger partial charge is 0.0733 e. The zero-order valence-electron chi connectivity index (χ0n) is 37.8. The number of aromatic nitrogens is 2. The summed E-state index contributed by atoms with van der Waals surface area (Å²) in [6.45, 7) is 4.57. The van der Waals surface area contributed by atoms with Crippen molar-refractivity contribution in [3.05, 3.63) is 234 Å². The Bertz CT molecular complexity index is 3890. The minimum atomic E-state index is 0.845. The first kappa shape index (κ1) is 39.5. The highest BCUT2D eigenvalue weighted by Crippen LogP contribution is 2.48. The van der Waals surface area contributed by atoms with E-state index in [-0.39, 0.29) is 0 Å². The third-order valence-corrected chi connectivity index (χ3v) is 14.0. The minimum Gasteiger partial charge on any atom is -0.344 e. The summed E-state index contributed by atoms with van der Waals surface area (Å²) in [5.41, 5.74) is 18.4. The molecule has 0 unspecified atom stereocenters. The molecule has 0 spiro atoms. The van der Waals surface area contributed by atoms with Gasteiger partial charge in [-0.1, -0.05) is 170 Å². The molecule has 0 saturated heterocycles. The molecule has 316 valence electrons. The van der Waals surface area contributed by atoms with Gasteiger partial charge in [0, 0.05) is 63.3 Å². The van der Waals surface area contributed by atoms with Crippen molar-refractivity contribution in [1.82, 2.24) is 9.13 Å². The van der Waals surface area contributed by atoms with Crippen LogP contribution in [0, 0.1) is 13.8 Å². The second-order valence-corrected chi connectivity index (χ2v) is 17.9. The summed E-state index contributed by atoms with van der Waals surface area (Å²) in [6, 6.07) is 76.1. The van der Waals surface area contributed by atoms with Gasteiger partial charge in [0.2, 0.25) is 0 Å². The lowest BCUT2D eigenvalue weighted by atomic mass is 9.88. The number of benzene rings is 10. The Morgan fingerprint density at radius 3 is 1.86 bits per heavy atom. The SMILES string of the molecule is Cc1cc(/C=C(/Cc2ccccc2)c2cccc3ccccc23)ccc1-c1c(C)cc(N(c2ccc3c(c2)c2ccccc2n3C)c2cccc3c4ccccc4n(C)c23)c2ccccc12. The average molecular weight is 848 g/mol. The maximum Gasteiger partial charge on any atom is 0.0733 e. The number of nitrogens with zero attached hydrogens (tertiary/aromatic N) is 3. The Kier molecular flexibility index (Phi) is 9.46. The Morgan fingerprint density at radius 2 is 1.08 bits per heavy atom. The van der Waals surface area contributed by atoms with Gasteiger partial charge in [-0.15, -0.1) is 0 Å². The van der Waals surface area contributed by atoms with Crippen molar-refractivity contribution in [2.45, 2.75) is 20.3 Å². The molecule has 0 atom stereocenters. The summed E-state index contributed by atoms with van der Waals surface area (Å²) < 4.78 is 4.69. The molecule has 10 aromatic carbocycles. The number of hydrogen-bond donors (Lipinski definition) is 0. The van der Waals surface area contributed by atoms with Crippen LogP contribution in [-0.4, -0.2) is 9.13 Å². The normalized spacial score (nSPS) is 12.1. The number of rotatable bonds is 8. The average Bonchev–Trinajstić information content (AvgIpc) is 3.81. The quantitative estimate of drug-likeness (QED) is 0.139. The molecule has 3 nitrogen and oxygen atoms in total. The van der Waals surface area contributed by atoms with Crippen LogP contribution >= 0.6 is 0 Å². The van der Waals surface area contributed by atoms with E-state index >= 15 is 0 Å². The van der Waals surface area contributed by atoms with Crippen LogP contribution in [0.2, 0.25) is 0 Å². The van der Waals surface area contributed by atoms with Crippen molar-refractivity contribution in [1.29, 1.82) is 0 Å². The van der Waals surface area contributed by atoms with E-state index in [1.807, 2.05) is 0 Å². The second-order valence-electron chi connectivity index (χ2n) is 17.9. The van der Waals surface area contributed by atoms with Gasteiger partial charge in [-0.3, -0.25) is 0 Å². The lowest BCUT2D eigenvalue weighted by molar-refractivity contribution is 1.01. The van der Waals surface area contributed by atoms with Gasteiger partial charge in [-0.2, -0.15) is 0 Å². The van der Waals surface area contributed by atoms with E-state index in [2.05, 4.69) is 254 Å². The van der Waals surface area contributed by atoms with Crippen molar-refractivity contribution in [3.8, 4) is 11.1 Å². The largest absolute Gasteiger partial charge is 0.344 e.